The van der Waals surface area contributed by atoms with Crippen molar-refractivity contribution in [2.24, 2.45) is 5.92 Å². The predicted molar refractivity (Wildman–Crippen MR) is 93.9 cm³/mol. The summed E-state index contributed by atoms with van der Waals surface area (Å²) in [5.41, 5.74) is -0.482. The molecule has 0 aromatic heterocycles. The van der Waals surface area contributed by atoms with E-state index in [1.54, 1.807) is 4.90 Å². The van der Waals surface area contributed by atoms with Crippen LogP contribution in [0.1, 0.15) is 59.8 Å². The molecule has 1 saturated heterocycles. The fraction of sp³-hybridized carbons (Fsp3) is 0.889. The van der Waals surface area contributed by atoms with Gasteiger partial charge in [-0.3, -0.25) is 4.79 Å². The van der Waals surface area contributed by atoms with Gasteiger partial charge in [0.25, 0.3) is 0 Å². The zero-order valence-corrected chi connectivity index (χ0v) is 15.7. The molecule has 6 heteroatoms. The van der Waals surface area contributed by atoms with E-state index in [1.807, 2.05) is 20.8 Å². The van der Waals surface area contributed by atoms with Gasteiger partial charge in [0, 0.05) is 38.8 Å². The van der Waals surface area contributed by atoms with Crippen molar-refractivity contribution < 1.29 is 19.1 Å². The van der Waals surface area contributed by atoms with Crippen molar-refractivity contribution in [2.75, 3.05) is 32.8 Å². The number of amides is 2. The molecular weight excluding hydrogens is 308 g/mol. The first-order valence-corrected chi connectivity index (χ1v) is 9.17. The van der Waals surface area contributed by atoms with Crippen LogP contribution in [-0.4, -0.2) is 55.3 Å². The van der Waals surface area contributed by atoms with Gasteiger partial charge in [0.15, 0.2) is 0 Å². The summed E-state index contributed by atoms with van der Waals surface area (Å²) in [6.07, 6.45) is 4.16. The number of unbranched alkanes of at least 4 members (excludes halogenated alkanes) is 1. The summed E-state index contributed by atoms with van der Waals surface area (Å²) < 4.78 is 10.8. The fourth-order valence-corrected chi connectivity index (χ4v) is 2.53. The standard InChI is InChI=1S/C18H34N2O4/c1-5-6-13-23-14-7-10-19-16(21)15-8-11-20(12-9-15)17(22)24-18(2,3)4/h15H,5-14H2,1-4H3,(H,19,21). The van der Waals surface area contributed by atoms with Crippen LogP contribution in [0.4, 0.5) is 4.79 Å². The smallest absolute Gasteiger partial charge is 0.410 e. The summed E-state index contributed by atoms with van der Waals surface area (Å²) in [5.74, 6) is 0.0806. The fourth-order valence-electron chi connectivity index (χ4n) is 2.53. The molecule has 0 radical (unpaired) electrons. The molecule has 1 heterocycles. The Morgan fingerprint density at radius 1 is 1.12 bits per heavy atom. The molecule has 0 aromatic carbocycles. The van der Waals surface area contributed by atoms with Crippen molar-refractivity contribution in [3.63, 3.8) is 0 Å². The summed E-state index contributed by atoms with van der Waals surface area (Å²) in [5, 5.41) is 2.97. The summed E-state index contributed by atoms with van der Waals surface area (Å²) >= 11 is 0. The van der Waals surface area contributed by atoms with Gasteiger partial charge in [-0.05, 0) is 46.5 Å². The van der Waals surface area contributed by atoms with Gasteiger partial charge in [0.2, 0.25) is 5.91 Å². The Labute approximate surface area is 146 Å². The van der Waals surface area contributed by atoms with Crippen LogP contribution in [0.15, 0.2) is 0 Å². The third-order valence-corrected chi connectivity index (χ3v) is 3.92. The van der Waals surface area contributed by atoms with E-state index in [0.717, 1.165) is 25.9 Å². The van der Waals surface area contributed by atoms with Crippen LogP contribution >= 0.6 is 0 Å². The monoisotopic (exact) mass is 342 g/mol. The van der Waals surface area contributed by atoms with Crippen molar-refractivity contribution in [3.05, 3.63) is 0 Å². The number of carbonyl (C=O) groups excluding carboxylic acids is 2. The largest absolute Gasteiger partial charge is 0.444 e. The van der Waals surface area contributed by atoms with Crippen LogP contribution in [0, 0.1) is 5.92 Å². The van der Waals surface area contributed by atoms with E-state index in [2.05, 4.69) is 12.2 Å². The minimum absolute atomic E-state index is 0.00954. The maximum absolute atomic E-state index is 12.2. The molecule has 1 aliphatic heterocycles. The quantitative estimate of drug-likeness (QED) is 0.689. The van der Waals surface area contributed by atoms with Gasteiger partial charge in [-0.1, -0.05) is 13.3 Å². The molecule has 2 amide bonds. The van der Waals surface area contributed by atoms with Crippen LogP contribution in [0.3, 0.4) is 0 Å². The molecule has 0 atom stereocenters. The Bertz CT molecular complexity index is 385. The third kappa shape index (κ3) is 8.52. The second-order valence-corrected chi connectivity index (χ2v) is 7.35. The van der Waals surface area contributed by atoms with Gasteiger partial charge in [0.1, 0.15) is 5.60 Å². The molecular formula is C18H34N2O4. The zero-order chi connectivity index (χ0) is 18.0. The number of rotatable bonds is 8. The highest BCUT2D eigenvalue weighted by atomic mass is 16.6. The maximum Gasteiger partial charge on any atom is 0.410 e. The van der Waals surface area contributed by atoms with Gasteiger partial charge in [0.05, 0.1) is 0 Å². The normalized spacial score (nSPS) is 16.1. The molecule has 1 rings (SSSR count). The molecule has 0 saturated carbocycles. The van der Waals surface area contributed by atoms with E-state index in [4.69, 9.17) is 9.47 Å². The highest BCUT2D eigenvalue weighted by molar-refractivity contribution is 5.79. The Morgan fingerprint density at radius 2 is 1.75 bits per heavy atom. The topological polar surface area (TPSA) is 67.9 Å². The van der Waals surface area contributed by atoms with E-state index in [1.165, 1.54) is 0 Å². The summed E-state index contributed by atoms with van der Waals surface area (Å²) in [6.45, 7) is 11.0. The minimum atomic E-state index is -0.482. The Hall–Kier alpha value is -1.30. The first-order valence-electron chi connectivity index (χ1n) is 9.17. The number of likely N-dealkylation sites (tertiary alicyclic amines) is 1. The number of ether oxygens (including phenoxy) is 2. The van der Waals surface area contributed by atoms with E-state index in [0.29, 0.717) is 39.1 Å². The molecule has 6 nitrogen and oxygen atoms in total. The number of nitrogens with one attached hydrogen (secondary N) is 1. The van der Waals surface area contributed by atoms with E-state index in [9.17, 15) is 9.59 Å². The van der Waals surface area contributed by atoms with Crippen molar-refractivity contribution in [1.29, 1.82) is 0 Å². The van der Waals surface area contributed by atoms with Crippen LogP contribution < -0.4 is 5.32 Å². The zero-order valence-electron chi connectivity index (χ0n) is 15.7. The summed E-state index contributed by atoms with van der Waals surface area (Å²) in [4.78, 5) is 25.8. The second kappa shape index (κ2) is 10.5. The SMILES string of the molecule is CCCCOCCCNC(=O)C1CCN(C(=O)OC(C)(C)C)CC1. The number of hydrogen-bond acceptors (Lipinski definition) is 4. The number of piperidine rings is 1. The number of carbonyl (C=O) groups is 2. The highest BCUT2D eigenvalue weighted by Gasteiger charge is 2.29. The Morgan fingerprint density at radius 3 is 2.33 bits per heavy atom. The lowest BCUT2D eigenvalue weighted by Gasteiger charge is -2.32. The lowest BCUT2D eigenvalue weighted by atomic mass is 9.96. The van der Waals surface area contributed by atoms with E-state index in [-0.39, 0.29) is 17.9 Å². The lowest BCUT2D eigenvalue weighted by Crippen LogP contribution is -2.45. The first-order chi connectivity index (χ1) is 11.3. The number of hydrogen-bond donors (Lipinski definition) is 1. The van der Waals surface area contributed by atoms with Gasteiger partial charge in [-0.15, -0.1) is 0 Å². The lowest BCUT2D eigenvalue weighted by molar-refractivity contribution is -0.126. The average Bonchev–Trinajstić information content (AvgIpc) is 2.52. The van der Waals surface area contributed by atoms with Gasteiger partial charge < -0.3 is 19.7 Å². The summed E-state index contributed by atoms with van der Waals surface area (Å²) in [7, 11) is 0. The van der Waals surface area contributed by atoms with Crippen LogP contribution in [0.25, 0.3) is 0 Å². The van der Waals surface area contributed by atoms with Crippen LogP contribution in [0.5, 0.6) is 0 Å². The molecule has 24 heavy (non-hydrogen) atoms. The van der Waals surface area contributed by atoms with Crippen molar-refractivity contribution in [3.8, 4) is 0 Å². The molecule has 0 unspecified atom stereocenters. The minimum Gasteiger partial charge on any atom is -0.444 e. The van der Waals surface area contributed by atoms with Crippen LogP contribution in [-0.2, 0) is 14.3 Å². The van der Waals surface area contributed by atoms with Crippen molar-refractivity contribution >= 4 is 12.0 Å². The molecule has 140 valence electrons. The molecule has 0 bridgehead atoms. The van der Waals surface area contributed by atoms with E-state index >= 15 is 0 Å². The van der Waals surface area contributed by atoms with Gasteiger partial charge in [-0.25, -0.2) is 4.79 Å². The van der Waals surface area contributed by atoms with Crippen molar-refractivity contribution in [1.82, 2.24) is 10.2 Å². The average molecular weight is 342 g/mol. The molecule has 0 aliphatic carbocycles. The van der Waals surface area contributed by atoms with Gasteiger partial charge in [-0.2, -0.15) is 0 Å². The molecule has 1 N–H and O–H groups in total. The Kier molecular flexibility index (Phi) is 9.11. The van der Waals surface area contributed by atoms with Crippen molar-refractivity contribution in [2.45, 2.75) is 65.4 Å². The maximum atomic E-state index is 12.2. The van der Waals surface area contributed by atoms with Gasteiger partial charge >= 0.3 is 6.09 Å². The summed E-state index contributed by atoms with van der Waals surface area (Å²) in [6, 6.07) is 0. The molecule has 0 aromatic rings. The predicted octanol–water partition coefficient (Wildman–Crippen LogP) is 2.96. The molecule has 0 spiro atoms. The molecule has 1 fully saturated rings. The van der Waals surface area contributed by atoms with Crippen LogP contribution in [0.2, 0.25) is 0 Å². The molecule has 1 aliphatic rings. The highest BCUT2D eigenvalue weighted by Crippen LogP contribution is 2.19. The number of nitrogens with zero attached hydrogens (tertiary/aromatic N) is 1. The van der Waals surface area contributed by atoms with E-state index < -0.39 is 5.60 Å². The Balaban J connectivity index is 2.15. The second-order valence-electron chi connectivity index (χ2n) is 7.35. The third-order valence-electron chi connectivity index (χ3n) is 3.92. The first kappa shape index (κ1) is 20.7.